The molecule has 0 radical (unpaired) electrons. The van der Waals surface area contributed by atoms with Crippen LogP contribution in [0.25, 0.3) is 0 Å². The first kappa shape index (κ1) is 26.8. The molecule has 0 saturated carbocycles. The van der Waals surface area contributed by atoms with Crippen LogP contribution < -0.4 is 11.1 Å². The molecule has 0 heterocycles. The SMILES string of the molecule is N/C(=C\C(=Nc1ccccc1Cl)c1ccc(C(=O)NCc2cccc(C(F)(F)F)c2)cc1)C(F)(F)F. The first-order chi connectivity index (χ1) is 16.8. The normalized spacial score (nSPS) is 13.0. The zero-order valence-electron chi connectivity index (χ0n) is 18.3. The highest BCUT2D eigenvalue weighted by atomic mass is 35.5. The summed E-state index contributed by atoms with van der Waals surface area (Å²) in [5, 5.41) is 2.72. The van der Waals surface area contributed by atoms with Crippen LogP contribution in [0.15, 0.2) is 89.6 Å². The molecule has 0 saturated heterocycles. The molecule has 1 amide bonds. The molecule has 3 rings (SSSR count). The number of aliphatic imine (C=N–C) groups is 1. The first-order valence-corrected chi connectivity index (χ1v) is 10.6. The molecule has 36 heavy (non-hydrogen) atoms. The summed E-state index contributed by atoms with van der Waals surface area (Å²) in [6.45, 7) is -0.158. The van der Waals surface area contributed by atoms with Gasteiger partial charge >= 0.3 is 12.4 Å². The Morgan fingerprint density at radius 1 is 0.917 bits per heavy atom. The number of halogens is 7. The number of amides is 1. The van der Waals surface area contributed by atoms with Crippen LogP contribution in [0.3, 0.4) is 0 Å². The second kappa shape index (κ2) is 10.9. The van der Waals surface area contributed by atoms with Crippen LogP contribution in [-0.4, -0.2) is 17.8 Å². The Balaban J connectivity index is 1.83. The number of nitrogens with one attached hydrogen (secondary N) is 1. The number of benzene rings is 3. The predicted molar refractivity (Wildman–Crippen MR) is 125 cm³/mol. The molecule has 4 nitrogen and oxygen atoms in total. The van der Waals surface area contributed by atoms with Gasteiger partial charge in [0, 0.05) is 17.7 Å². The van der Waals surface area contributed by atoms with E-state index >= 15 is 0 Å². The van der Waals surface area contributed by atoms with Gasteiger partial charge in [-0.3, -0.25) is 4.79 Å². The van der Waals surface area contributed by atoms with Crippen LogP contribution in [0.1, 0.15) is 27.0 Å². The van der Waals surface area contributed by atoms with E-state index in [0.29, 0.717) is 6.08 Å². The second-order valence-electron chi connectivity index (χ2n) is 7.50. The molecule has 0 fully saturated rings. The van der Waals surface area contributed by atoms with Gasteiger partial charge in [-0.2, -0.15) is 26.3 Å². The van der Waals surface area contributed by atoms with E-state index in [1.165, 1.54) is 48.5 Å². The van der Waals surface area contributed by atoms with Gasteiger partial charge in [-0.25, -0.2) is 4.99 Å². The first-order valence-electron chi connectivity index (χ1n) is 10.3. The van der Waals surface area contributed by atoms with Crippen LogP contribution in [0.4, 0.5) is 32.0 Å². The van der Waals surface area contributed by atoms with Crippen molar-refractivity contribution in [1.82, 2.24) is 5.32 Å². The summed E-state index contributed by atoms with van der Waals surface area (Å²) in [7, 11) is 0. The molecular weight excluding hydrogens is 508 g/mol. The zero-order chi connectivity index (χ0) is 26.5. The number of rotatable bonds is 6. The van der Waals surface area contributed by atoms with Crippen LogP contribution in [0.5, 0.6) is 0 Å². The van der Waals surface area contributed by atoms with E-state index < -0.39 is 29.5 Å². The zero-order valence-corrected chi connectivity index (χ0v) is 19.0. The summed E-state index contributed by atoms with van der Waals surface area (Å²) in [5.74, 6) is -0.589. The largest absolute Gasteiger partial charge is 0.430 e. The monoisotopic (exact) mass is 525 g/mol. The van der Waals surface area contributed by atoms with Crippen molar-refractivity contribution < 1.29 is 31.1 Å². The molecule has 3 aromatic carbocycles. The van der Waals surface area contributed by atoms with Gasteiger partial charge in [-0.05, 0) is 48.0 Å². The Kier molecular flexibility index (Phi) is 8.09. The maximum absolute atomic E-state index is 13.0. The van der Waals surface area contributed by atoms with Crippen molar-refractivity contribution in [3.63, 3.8) is 0 Å². The summed E-state index contributed by atoms with van der Waals surface area (Å²) in [6.07, 6.45) is -8.64. The summed E-state index contributed by atoms with van der Waals surface area (Å²) < 4.78 is 77.7. The number of carbonyl (C=O) groups excluding carboxylic acids is 1. The molecule has 0 aliphatic heterocycles. The van der Waals surface area contributed by atoms with Crippen molar-refractivity contribution in [2.24, 2.45) is 10.7 Å². The fourth-order valence-electron chi connectivity index (χ4n) is 3.02. The Bertz CT molecular complexity index is 1300. The van der Waals surface area contributed by atoms with Gasteiger partial charge in [0.05, 0.1) is 22.0 Å². The third-order valence-electron chi connectivity index (χ3n) is 4.86. The lowest BCUT2D eigenvalue weighted by Crippen LogP contribution is -2.23. The van der Waals surface area contributed by atoms with Crippen molar-refractivity contribution >= 4 is 28.9 Å². The highest BCUT2D eigenvalue weighted by molar-refractivity contribution is 6.33. The third-order valence-corrected chi connectivity index (χ3v) is 5.18. The molecule has 0 aromatic heterocycles. The third kappa shape index (κ3) is 7.11. The van der Waals surface area contributed by atoms with E-state index in [0.717, 1.165) is 12.1 Å². The fourth-order valence-corrected chi connectivity index (χ4v) is 3.19. The van der Waals surface area contributed by atoms with Crippen molar-refractivity contribution in [3.05, 3.63) is 112 Å². The number of nitrogens with zero attached hydrogens (tertiary/aromatic N) is 1. The molecule has 188 valence electrons. The quantitative estimate of drug-likeness (QED) is 0.274. The summed E-state index contributed by atoms with van der Waals surface area (Å²) in [5.41, 5.74) is 3.63. The molecule has 3 aromatic rings. The summed E-state index contributed by atoms with van der Waals surface area (Å²) in [6, 6.07) is 16.2. The van der Waals surface area contributed by atoms with Crippen LogP contribution in [-0.2, 0) is 12.7 Å². The average molecular weight is 526 g/mol. The summed E-state index contributed by atoms with van der Waals surface area (Å²) in [4.78, 5) is 16.7. The minimum Gasteiger partial charge on any atom is -0.395 e. The number of alkyl halides is 6. The topological polar surface area (TPSA) is 67.5 Å². The minimum absolute atomic E-state index is 0.135. The smallest absolute Gasteiger partial charge is 0.395 e. The van der Waals surface area contributed by atoms with E-state index in [1.54, 1.807) is 12.1 Å². The minimum atomic E-state index is -4.79. The Hall–Kier alpha value is -3.79. The van der Waals surface area contributed by atoms with Crippen molar-refractivity contribution in [2.45, 2.75) is 18.9 Å². The van der Waals surface area contributed by atoms with E-state index in [4.69, 9.17) is 17.3 Å². The van der Waals surface area contributed by atoms with Gasteiger partial charge in [0.1, 0.15) is 5.70 Å². The Morgan fingerprint density at radius 3 is 2.17 bits per heavy atom. The standard InChI is InChI=1S/C25H18ClF6N3O/c26-19-6-1-2-7-20(19)35-21(13-22(33)25(30,31)32)16-8-10-17(11-9-16)23(36)34-14-15-4-3-5-18(12-15)24(27,28)29/h1-13H,14,33H2,(H,34,36)/b22-13-,35-21?. The lowest BCUT2D eigenvalue weighted by atomic mass is 10.1. The number of nitrogens with two attached hydrogens (primary N) is 1. The van der Waals surface area contributed by atoms with Gasteiger partial charge in [0.25, 0.3) is 5.91 Å². The highest BCUT2D eigenvalue weighted by Crippen LogP contribution is 2.30. The fraction of sp³-hybridized carbons (Fsp3) is 0.120. The van der Waals surface area contributed by atoms with Gasteiger partial charge in [-0.1, -0.05) is 48.0 Å². The molecule has 0 bridgehead atoms. The van der Waals surface area contributed by atoms with Gasteiger partial charge in [-0.15, -0.1) is 0 Å². The average Bonchev–Trinajstić information content (AvgIpc) is 2.82. The van der Waals surface area contributed by atoms with Gasteiger partial charge in [0.2, 0.25) is 0 Å². The number of hydrogen-bond donors (Lipinski definition) is 2. The predicted octanol–water partition coefficient (Wildman–Crippen LogP) is 6.81. The second-order valence-corrected chi connectivity index (χ2v) is 7.91. The van der Waals surface area contributed by atoms with Crippen LogP contribution >= 0.6 is 11.6 Å². The van der Waals surface area contributed by atoms with Gasteiger partial charge < -0.3 is 11.1 Å². The number of allylic oxidation sites excluding steroid dienone is 2. The molecule has 0 aliphatic carbocycles. The molecule has 3 N–H and O–H groups in total. The molecule has 0 atom stereocenters. The molecule has 11 heteroatoms. The van der Waals surface area contributed by atoms with Gasteiger partial charge in [0.15, 0.2) is 0 Å². The number of hydrogen-bond acceptors (Lipinski definition) is 3. The molecule has 0 unspecified atom stereocenters. The van der Waals surface area contributed by atoms with Crippen LogP contribution in [0, 0.1) is 0 Å². The highest BCUT2D eigenvalue weighted by Gasteiger charge is 2.32. The van der Waals surface area contributed by atoms with Crippen molar-refractivity contribution in [3.8, 4) is 0 Å². The summed E-state index contributed by atoms with van der Waals surface area (Å²) >= 11 is 6.07. The molecule has 0 spiro atoms. The molecular formula is C25H18ClF6N3O. The van der Waals surface area contributed by atoms with Crippen molar-refractivity contribution in [1.29, 1.82) is 0 Å². The van der Waals surface area contributed by atoms with E-state index in [2.05, 4.69) is 10.3 Å². The van der Waals surface area contributed by atoms with Crippen molar-refractivity contribution in [2.75, 3.05) is 0 Å². The number of carbonyl (C=O) groups is 1. The Labute approximate surface area is 207 Å². The Morgan fingerprint density at radius 2 is 1.56 bits per heavy atom. The lowest BCUT2D eigenvalue weighted by Gasteiger charge is -2.11. The maximum Gasteiger partial charge on any atom is 0.430 e. The molecule has 0 aliphatic rings. The van der Waals surface area contributed by atoms with E-state index in [9.17, 15) is 31.1 Å². The number of para-hydroxylation sites is 1. The van der Waals surface area contributed by atoms with E-state index in [-0.39, 0.29) is 39.7 Å². The van der Waals surface area contributed by atoms with Crippen LogP contribution in [0.2, 0.25) is 5.02 Å². The maximum atomic E-state index is 13.0. The van der Waals surface area contributed by atoms with E-state index in [1.807, 2.05) is 0 Å². The lowest BCUT2D eigenvalue weighted by molar-refractivity contribution is -0.137.